The van der Waals surface area contributed by atoms with Crippen LogP contribution in [0.1, 0.15) is 12.1 Å². The van der Waals surface area contributed by atoms with Gasteiger partial charge in [0.25, 0.3) is 5.91 Å². The van der Waals surface area contributed by atoms with Gasteiger partial charge in [0.2, 0.25) is 6.41 Å². The lowest BCUT2D eigenvalue weighted by Gasteiger charge is -2.31. The summed E-state index contributed by atoms with van der Waals surface area (Å²) in [4.78, 5) is 37.6. The molecule has 1 N–H and O–H groups in total. The number of pyridine rings is 1. The van der Waals surface area contributed by atoms with E-state index in [1.165, 1.54) is 18.1 Å². The van der Waals surface area contributed by atoms with E-state index in [1.807, 2.05) is 0 Å². The number of halogens is 1. The number of ether oxygens (including phenoxy) is 2. The van der Waals surface area contributed by atoms with Crippen LogP contribution in [0.15, 0.2) is 59.1 Å². The molecule has 1 aromatic heterocycles. The van der Waals surface area contributed by atoms with Crippen molar-refractivity contribution in [1.29, 1.82) is 0 Å². The Morgan fingerprint density at radius 3 is 2.43 bits per heavy atom. The van der Waals surface area contributed by atoms with Crippen LogP contribution in [-0.4, -0.2) is 84.9 Å². The largest absolute Gasteiger partial charge is 0.497 e. The van der Waals surface area contributed by atoms with E-state index in [2.05, 4.69) is 16.7 Å². The number of aliphatic hydroxyl groups excluding tert-OH is 1. The number of benzene rings is 1. The molecule has 0 unspecified atom stereocenters. The van der Waals surface area contributed by atoms with Gasteiger partial charge in [0, 0.05) is 33.4 Å². The van der Waals surface area contributed by atoms with Gasteiger partial charge in [-0.2, -0.15) is 0 Å². The summed E-state index contributed by atoms with van der Waals surface area (Å²) in [6.07, 6.45) is 2.42. The smallest absolute Gasteiger partial charge is 0.273 e. The van der Waals surface area contributed by atoms with Gasteiger partial charge in [-0.15, -0.1) is 0 Å². The Balaban J connectivity index is 2.50. The van der Waals surface area contributed by atoms with Gasteiger partial charge in [-0.1, -0.05) is 11.6 Å². The molecule has 0 atom stereocenters. The van der Waals surface area contributed by atoms with Crippen LogP contribution in [0.25, 0.3) is 0 Å². The lowest BCUT2D eigenvalue weighted by Crippen LogP contribution is -2.41. The van der Waals surface area contributed by atoms with Crippen molar-refractivity contribution in [1.82, 2.24) is 19.7 Å². The molecule has 1 aromatic carbocycles. The summed E-state index contributed by atoms with van der Waals surface area (Å²) in [6, 6.07) is 10.4. The molecule has 0 saturated carbocycles. The van der Waals surface area contributed by atoms with E-state index in [9.17, 15) is 14.7 Å². The molecule has 0 saturated heterocycles. The molecule has 10 nitrogen and oxygen atoms in total. The first-order chi connectivity index (χ1) is 16.8. The zero-order valence-corrected chi connectivity index (χ0v) is 20.8. The van der Waals surface area contributed by atoms with Crippen LogP contribution < -0.4 is 9.47 Å². The highest BCUT2D eigenvalue weighted by molar-refractivity contribution is 6.30. The Hall–Kier alpha value is -3.63. The van der Waals surface area contributed by atoms with Crippen molar-refractivity contribution in [3.8, 4) is 11.5 Å². The molecule has 0 radical (unpaired) electrons. The van der Waals surface area contributed by atoms with Gasteiger partial charge in [0.15, 0.2) is 12.6 Å². The minimum atomic E-state index is -0.429. The van der Waals surface area contributed by atoms with Crippen molar-refractivity contribution in [2.75, 3.05) is 41.1 Å². The van der Waals surface area contributed by atoms with Crippen LogP contribution in [-0.2, 0) is 16.1 Å². The SMILES string of the molecule is C=N/C(=C(/C(=O)N(C)CCCO)N(COc1ccc(OC)cc1)Cc1ccc(Cl)cn1)N(C)C=O. The van der Waals surface area contributed by atoms with Gasteiger partial charge in [0.05, 0.1) is 24.4 Å². The highest BCUT2D eigenvalue weighted by atomic mass is 35.5. The standard InChI is InChI=1S/C24H30ClN5O5/c1-26-23(29(3)16-32)22(24(33)28(2)12-5-13-31)30(15-19-7-6-18(25)14-27-19)17-35-21-10-8-20(34-4)9-11-21/h6-11,14,16,31H,1,5,12-13,15,17H2,2-4H3/b23-22+. The lowest BCUT2D eigenvalue weighted by molar-refractivity contribution is -0.128. The fourth-order valence-corrected chi connectivity index (χ4v) is 3.19. The average Bonchev–Trinajstić information content (AvgIpc) is 2.89. The predicted octanol–water partition coefficient (Wildman–Crippen LogP) is 2.38. The van der Waals surface area contributed by atoms with E-state index in [-0.39, 0.29) is 31.4 Å². The van der Waals surface area contributed by atoms with Crippen molar-refractivity contribution in [3.63, 3.8) is 0 Å². The molecule has 0 fully saturated rings. The van der Waals surface area contributed by atoms with Crippen molar-refractivity contribution in [2.45, 2.75) is 13.0 Å². The zero-order chi connectivity index (χ0) is 25.8. The second-order valence-electron chi connectivity index (χ2n) is 7.47. The minimum absolute atomic E-state index is 0.0492. The fourth-order valence-electron chi connectivity index (χ4n) is 3.08. The first kappa shape index (κ1) is 27.6. The summed E-state index contributed by atoms with van der Waals surface area (Å²) in [6.45, 7) is 3.85. The number of carbonyl (C=O) groups excluding carboxylic acids is 2. The highest BCUT2D eigenvalue weighted by Gasteiger charge is 2.28. The van der Waals surface area contributed by atoms with Crippen LogP contribution >= 0.6 is 11.6 Å². The molecule has 2 amide bonds. The monoisotopic (exact) mass is 503 g/mol. The number of aliphatic imine (C=N–C) groups is 1. The molecule has 2 rings (SSSR count). The number of methoxy groups -OCH3 is 1. The average molecular weight is 504 g/mol. The van der Waals surface area contributed by atoms with E-state index < -0.39 is 5.91 Å². The molecule has 1 heterocycles. The first-order valence-corrected chi connectivity index (χ1v) is 11.1. The van der Waals surface area contributed by atoms with Crippen LogP contribution in [0, 0.1) is 0 Å². The second kappa shape index (κ2) is 13.9. The predicted molar refractivity (Wildman–Crippen MR) is 133 cm³/mol. The van der Waals surface area contributed by atoms with Gasteiger partial charge in [-0.3, -0.25) is 14.6 Å². The Bertz CT molecular complexity index is 1010. The van der Waals surface area contributed by atoms with Gasteiger partial charge >= 0.3 is 0 Å². The van der Waals surface area contributed by atoms with Crippen LogP contribution in [0.4, 0.5) is 0 Å². The minimum Gasteiger partial charge on any atom is -0.497 e. The number of aliphatic hydroxyl groups is 1. The number of rotatable bonds is 14. The molecule has 188 valence electrons. The number of aromatic nitrogens is 1. The summed E-state index contributed by atoms with van der Waals surface area (Å²) in [5.74, 6) is 0.832. The molecular weight excluding hydrogens is 474 g/mol. The maximum Gasteiger partial charge on any atom is 0.273 e. The Kier molecular flexibility index (Phi) is 11.0. The number of likely N-dealkylation sites (N-methyl/N-ethyl adjacent to an activating group) is 1. The molecule has 0 spiro atoms. The highest BCUT2D eigenvalue weighted by Crippen LogP contribution is 2.22. The normalized spacial score (nSPS) is 11.2. The number of carbonyl (C=O) groups is 2. The van der Waals surface area contributed by atoms with Crippen molar-refractivity contribution < 1.29 is 24.2 Å². The number of hydrogen-bond donors (Lipinski definition) is 1. The fraction of sp³-hybridized carbons (Fsp3) is 0.333. The molecule has 11 heteroatoms. The molecule has 0 aliphatic heterocycles. The molecule has 0 aliphatic rings. The third-order valence-corrected chi connectivity index (χ3v) is 5.18. The van der Waals surface area contributed by atoms with E-state index in [0.29, 0.717) is 41.6 Å². The van der Waals surface area contributed by atoms with Crippen LogP contribution in [0.3, 0.4) is 0 Å². The molecule has 0 bridgehead atoms. The summed E-state index contributed by atoms with van der Waals surface area (Å²) in [5, 5.41) is 9.67. The topological polar surface area (TPSA) is 108 Å². The Morgan fingerprint density at radius 2 is 1.89 bits per heavy atom. The van der Waals surface area contributed by atoms with Gasteiger partial charge in [0.1, 0.15) is 17.2 Å². The third-order valence-electron chi connectivity index (χ3n) is 4.96. The van der Waals surface area contributed by atoms with E-state index >= 15 is 0 Å². The van der Waals surface area contributed by atoms with Crippen LogP contribution in [0.2, 0.25) is 5.02 Å². The third kappa shape index (κ3) is 7.97. The van der Waals surface area contributed by atoms with Gasteiger partial charge < -0.3 is 29.3 Å². The Labute approximate surface area is 210 Å². The number of amides is 2. The van der Waals surface area contributed by atoms with Crippen molar-refractivity contribution >= 4 is 30.6 Å². The van der Waals surface area contributed by atoms with Gasteiger partial charge in [-0.25, -0.2) is 4.99 Å². The van der Waals surface area contributed by atoms with E-state index in [4.69, 9.17) is 21.1 Å². The zero-order valence-electron chi connectivity index (χ0n) is 20.1. The van der Waals surface area contributed by atoms with Crippen molar-refractivity contribution in [3.05, 3.63) is 64.8 Å². The van der Waals surface area contributed by atoms with Crippen molar-refractivity contribution in [2.24, 2.45) is 4.99 Å². The molecular formula is C24H30ClN5O5. The molecule has 2 aromatic rings. The summed E-state index contributed by atoms with van der Waals surface area (Å²) < 4.78 is 11.1. The quantitative estimate of drug-likeness (QED) is 0.182. The molecule has 0 aliphatic carbocycles. The van der Waals surface area contributed by atoms with Gasteiger partial charge in [-0.05, 0) is 49.5 Å². The number of nitrogens with zero attached hydrogens (tertiary/aromatic N) is 5. The maximum absolute atomic E-state index is 13.6. The Morgan fingerprint density at radius 1 is 1.20 bits per heavy atom. The summed E-state index contributed by atoms with van der Waals surface area (Å²) in [7, 11) is 4.64. The molecule has 35 heavy (non-hydrogen) atoms. The van der Waals surface area contributed by atoms with E-state index in [1.54, 1.807) is 55.5 Å². The summed E-state index contributed by atoms with van der Waals surface area (Å²) >= 11 is 5.98. The first-order valence-electron chi connectivity index (χ1n) is 10.7. The second-order valence-corrected chi connectivity index (χ2v) is 7.90. The van der Waals surface area contributed by atoms with E-state index in [0.717, 1.165) is 4.90 Å². The maximum atomic E-state index is 13.6. The lowest BCUT2D eigenvalue weighted by atomic mass is 10.2. The van der Waals surface area contributed by atoms with Crippen LogP contribution in [0.5, 0.6) is 11.5 Å². The number of hydrogen-bond acceptors (Lipinski definition) is 8. The summed E-state index contributed by atoms with van der Waals surface area (Å²) in [5.41, 5.74) is 0.688.